The van der Waals surface area contributed by atoms with Gasteiger partial charge in [0.1, 0.15) is 10.8 Å². The Bertz CT molecular complexity index is 1200. The van der Waals surface area contributed by atoms with Crippen molar-refractivity contribution in [2.75, 3.05) is 11.4 Å². The molecule has 0 saturated carbocycles. The molecule has 1 aliphatic rings. The van der Waals surface area contributed by atoms with Crippen molar-refractivity contribution in [1.82, 2.24) is 30.5 Å². The van der Waals surface area contributed by atoms with Crippen LogP contribution in [0.25, 0.3) is 11.3 Å². The van der Waals surface area contributed by atoms with E-state index in [-0.39, 0.29) is 5.91 Å². The Kier molecular flexibility index (Phi) is 5.17. The number of carbonyl (C=O) groups excluding carboxylic acids is 1. The van der Waals surface area contributed by atoms with Crippen LogP contribution in [0.5, 0.6) is 0 Å². The molecule has 1 amide bonds. The number of aromatic amines is 1. The number of H-pyrrole nitrogens is 1. The van der Waals surface area contributed by atoms with Gasteiger partial charge in [-0.15, -0.1) is 11.3 Å². The number of thiazole rings is 1. The van der Waals surface area contributed by atoms with Gasteiger partial charge in [-0.25, -0.2) is 9.97 Å². The van der Waals surface area contributed by atoms with Crippen molar-refractivity contribution in [3.8, 4) is 11.3 Å². The van der Waals surface area contributed by atoms with Gasteiger partial charge in [-0.3, -0.25) is 14.9 Å². The molecular formula is C22H21N7OS. The molecule has 0 atom stereocenters. The minimum absolute atomic E-state index is 0.144. The number of hydrogen-bond donors (Lipinski definition) is 2. The Labute approximate surface area is 183 Å². The highest BCUT2D eigenvalue weighted by molar-refractivity contribution is 7.09. The number of amides is 1. The molecule has 0 fully saturated rings. The fourth-order valence-corrected chi connectivity index (χ4v) is 4.35. The van der Waals surface area contributed by atoms with Gasteiger partial charge >= 0.3 is 0 Å². The van der Waals surface area contributed by atoms with Gasteiger partial charge in [0.05, 0.1) is 17.8 Å². The van der Waals surface area contributed by atoms with Gasteiger partial charge in [-0.2, -0.15) is 5.10 Å². The van der Waals surface area contributed by atoms with E-state index < -0.39 is 0 Å². The molecule has 5 heterocycles. The summed E-state index contributed by atoms with van der Waals surface area (Å²) in [5.74, 6) is 0.754. The second kappa shape index (κ2) is 8.27. The van der Waals surface area contributed by atoms with E-state index in [1.807, 2.05) is 30.6 Å². The molecule has 5 rings (SSSR count). The lowest BCUT2D eigenvalue weighted by molar-refractivity contribution is 0.0950. The summed E-state index contributed by atoms with van der Waals surface area (Å²) in [7, 11) is 0. The molecule has 0 bridgehead atoms. The quantitative estimate of drug-likeness (QED) is 0.504. The van der Waals surface area contributed by atoms with Crippen LogP contribution in [0.2, 0.25) is 0 Å². The molecule has 0 radical (unpaired) electrons. The number of nitrogens with zero attached hydrogens (tertiary/aromatic N) is 5. The van der Waals surface area contributed by atoms with Crippen LogP contribution in [0.1, 0.15) is 32.2 Å². The normalized spacial score (nSPS) is 13.1. The topological polar surface area (TPSA) is 99.7 Å². The first kappa shape index (κ1) is 19.4. The number of aromatic nitrogens is 5. The standard InChI is InChI=1S/C22H21N7OS/c1-14-8-16(22(30)26-12-20-23-5-7-31-20)11-25-21(14)29-6-3-18-17(13-29)9-15(10-24-18)19-2-4-27-28-19/h2,4-5,7-11H,3,6,12-13H2,1H3,(H,26,30)(H,27,28). The van der Waals surface area contributed by atoms with E-state index in [1.165, 1.54) is 16.9 Å². The molecule has 9 heteroatoms. The third-order valence-electron chi connectivity index (χ3n) is 5.35. The fraction of sp³-hybridized carbons (Fsp3) is 0.227. The fourth-order valence-electron chi connectivity index (χ4n) is 3.79. The Morgan fingerprint density at radius 2 is 2.16 bits per heavy atom. The summed E-state index contributed by atoms with van der Waals surface area (Å²) in [6.07, 6.45) is 7.87. The molecule has 8 nitrogen and oxygen atoms in total. The number of nitrogens with one attached hydrogen (secondary N) is 2. The lowest BCUT2D eigenvalue weighted by Gasteiger charge is -2.30. The van der Waals surface area contributed by atoms with Crippen LogP contribution in [0, 0.1) is 6.92 Å². The van der Waals surface area contributed by atoms with Crippen LogP contribution >= 0.6 is 11.3 Å². The van der Waals surface area contributed by atoms with Gasteiger partial charge in [0.15, 0.2) is 0 Å². The molecular weight excluding hydrogens is 410 g/mol. The highest BCUT2D eigenvalue weighted by atomic mass is 32.1. The Morgan fingerprint density at radius 3 is 2.94 bits per heavy atom. The summed E-state index contributed by atoms with van der Waals surface area (Å²) in [6.45, 7) is 3.99. The molecule has 0 aliphatic carbocycles. The maximum Gasteiger partial charge on any atom is 0.253 e. The monoisotopic (exact) mass is 431 g/mol. The zero-order chi connectivity index (χ0) is 21.2. The largest absolute Gasteiger partial charge is 0.352 e. The lowest BCUT2D eigenvalue weighted by Crippen LogP contribution is -2.32. The average Bonchev–Trinajstić information content (AvgIpc) is 3.51. The second-order valence-electron chi connectivity index (χ2n) is 7.44. The van der Waals surface area contributed by atoms with Crippen molar-refractivity contribution < 1.29 is 4.79 Å². The SMILES string of the molecule is Cc1cc(C(=O)NCc2nccs2)cnc1N1CCc2ncc(-c3ccn[nH]3)cc2C1. The summed E-state index contributed by atoms with van der Waals surface area (Å²) >= 11 is 1.52. The van der Waals surface area contributed by atoms with Crippen molar-refractivity contribution in [3.63, 3.8) is 0 Å². The van der Waals surface area contributed by atoms with Crippen LogP contribution in [-0.2, 0) is 19.5 Å². The van der Waals surface area contributed by atoms with Crippen LogP contribution in [0.4, 0.5) is 5.82 Å². The highest BCUT2D eigenvalue weighted by Gasteiger charge is 2.21. The van der Waals surface area contributed by atoms with Gasteiger partial charge < -0.3 is 10.2 Å². The summed E-state index contributed by atoms with van der Waals surface area (Å²) in [6, 6.07) is 6.00. The second-order valence-corrected chi connectivity index (χ2v) is 8.42. The summed E-state index contributed by atoms with van der Waals surface area (Å²) in [4.78, 5) is 28.2. The van der Waals surface area contributed by atoms with Crippen molar-refractivity contribution in [3.05, 3.63) is 75.8 Å². The van der Waals surface area contributed by atoms with E-state index in [0.29, 0.717) is 12.1 Å². The van der Waals surface area contributed by atoms with Gasteiger partial charge in [-0.05, 0) is 36.2 Å². The van der Waals surface area contributed by atoms with Gasteiger partial charge in [0.2, 0.25) is 0 Å². The van der Waals surface area contributed by atoms with E-state index in [2.05, 4.69) is 41.4 Å². The summed E-state index contributed by atoms with van der Waals surface area (Å²) < 4.78 is 0. The Morgan fingerprint density at radius 1 is 1.23 bits per heavy atom. The van der Waals surface area contributed by atoms with E-state index >= 15 is 0 Å². The first-order chi connectivity index (χ1) is 15.2. The van der Waals surface area contributed by atoms with Gasteiger partial charge in [0.25, 0.3) is 5.91 Å². The number of aryl methyl sites for hydroxylation is 1. The summed E-state index contributed by atoms with van der Waals surface area (Å²) in [5.41, 5.74) is 5.81. The molecule has 31 heavy (non-hydrogen) atoms. The Balaban J connectivity index is 1.32. The zero-order valence-electron chi connectivity index (χ0n) is 17.0. The molecule has 2 N–H and O–H groups in total. The molecule has 4 aromatic rings. The van der Waals surface area contributed by atoms with Crippen molar-refractivity contribution in [2.24, 2.45) is 0 Å². The number of rotatable bonds is 5. The smallest absolute Gasteiger partial charge is 0.253 e. The lowest BCUT2D eigenvalue weighted by atomic mass is 10.0. The van der Waals surface area contributed by atoms with Crippen LogP contribution in [-0.4, -0.2) is 37.6 Å². The molecule has 0 spiro atoms. The minimum atomic E-state index is -0.144. The molecule has 156 valence electrons. The Hall–Kier alpha value is -3.59. The average molecular weight is 432 g/mol. The number of fused-ring (bicyclic) bond motifs is 1. The predicted molar refractivity (Wildman–Crippen MR) is 119 cm³/mol. The zero-order valence-corrected chi connectivity index (χ0v) is 17.8. The maximum atomic E-state index is 12.5. The number of hydrogen-bond acceptors (Lipinski definition) is 7. The number of pyridine rings is 2. The molecule has 0 unspecified atom stereocenters. The third kappa shape index (κ3) is 4.04. The molecule has 0 saturated heterocycles. The number of anilines is 1. The van der Waals surface area contributed by atoms with E-state index in [9.17, 15) is 4.79 Å². The van der Waals surface area contributed by atoms with Crippen LogP contribution in [0.3, 0.4) is 0 Å². The van der Waals surface area contributed by atoms with E-state index in [4.69, 9.17) is 0 Å². The highest BCUT2D eigenvalue weighted by Crippen LogP contribution is 2.27. The van der Waals surface area contributed by atoms with Crippen LogP contribution in [0.15, 0.2) is 48.4 Å². The molecule has 1 aliphatic heterocycles. The first-order valence-electron chi connectivity index (χ1n) is 10.0. The van der Waals surface area contributed by atoms with Crippen molar-refractivity contribution in [2.45, 2.75) is 26.4 Å². The minimum Gasteiger partial charge on any atom is -0.352 e. The third-order valence-corrected chi connectivity index (χ3v) is 6.13. The summed E-state index contributed by atoms with van der Waals surface area (Å²) in [5, 5.41) is 12.7. The maximum absolute atomic E-state index is 12.5. The van der Waals surface area contributed by atoms with Crippen LogP contribution < -0.4 is 10.2 Å². The van der Waals surface area contributed by atoms with E-state index in [0.717, 1.165) is 52.9 Å². The molecule has 0 aromatic carbocycles. The van der Waals surface area contributed by atoms with E-state index in [1.54, 1.807) is 18.6 Å². The molecule has 4 aromatic heterocycles. The number of carbonyl (C=O) groups is 1. The van der Waals surface area contributed by atoms with Gasteiger partial charge in [0, 0.05) is 60.9 Å². The van der Waals surface area contributed by atoms with Gasteiger partial charge in [-0.1, -0.05) is 0 Å². The first-order valence-corrected chi connectivity index (χ1v) is 10.9. The van der Waals surface area contributed by atoms with Crippen molar-refractivity contribution in [1.29, 1.82) is 0 Å². The van der Waals surface area contributed by atoms with Crippen molar-refractivity contribution >= 4 is 23.1 Å². The predicted octanol–water partition coefficient (Wildman–Crippen LogP) is 3.12.